The number of pyridine rings is 1. The zero-order chi connectivity index (χ0) is 13.9. The number of imidazole rings is 1. The fourth-order valence-electron chi connectivity index (χ4n) is 1.98. The van der Waals surface area contributed by atoms with E-state index in [-0.39, 0.29) is 0 Å². The quantitative estimate of drug-likeness (QED) is 0.722. The number of nitrogens with one attached hydrogen (secondary N) is 1. The lowest BCUT2D eigenvalue weighted by atomic mass is 10.2. The van der Waals surface area contributed by atoms with Crippen molar-refractivity contribution < 1.29 is 0 Å². The van der Waals surface area contributed by atoms with Gasteiger partial charge in [-0.25, -0.2) is 9.97 Å². The molecule has 3 rings (SSSR count). The van der Waals surface area contributed by atoms with Gasteiger partial charge < -0.3 is 10.7 Å². The van der Waals surface area contributed by atoms with Crippen LogP contribution in [0.1, 0.15) is 0 Å². The molecule has 0 radical (unpaired) electrons. The molecule has 4 nitrogen and oxygen atoms in total. The molecule has 0 amide bonds. The maximum Gasteiger partial charge on any atom is 0.137 e. The van der Waals surface area contributed by atoms with Crippen molar-refractivity contribution in [1.29, 1.82) is 0 Å². The molecular weight excluding hydrogens is 268 g/mol. The molecular formula is C15H14N4S. The molecule has 0 aliphatic carbocycles. The Kier molecular flexibility index (Phi) is 3.43. The minimum atomic E-state index is 0.491. The van der Waals surface area contributed by atoms with E-state index in [9.17, 15) is 0 Å². The maximum atomic E-state index is 5.69. The van der Waals surface area contributed by atoms with Crippen LogP contribution in [0.3, 0.4) is 0 Å². The third-order valence-corrected chi connectivity index (χ3v) is 3.77. The Morgan fingerprint density at radius 2 is 1.85 bits per heavy atom. The van der Waals surface area contributed by atoms with E-state index in [0.717, 1.165) is 22.6 Å². The van der Waals surface area contributed by atoms with Crippen molar-refractivity contribution in [2.45, 2.75) is 4.90 Å². The Labute approximate surface area is 121 Å². The average molecular weight is 282 g/mol. The highest BCUT2D eigenvalue weighted by atomic mass is 32.2. The fourth-order valence-corrected chi connectivity index (χ4v) is 2.39. The van der Waals surface area contributed by atoms with Gasteiger partial charge in [0.25, 0.3) is 0 Å². The van der Waals surface area contributed by atoms with E-state index < -0.39 is 0 Å². The molecule has 2 heterocycles. The number of nitrogen functional groups attached to an aromatic ring is 1. The van der Waals surface area contributed by atoms with Crippen LogP contribution in [0.4, 0.5) is 5.82 Å². The van der Waals surface area contributed by atoms with Gasteiger partial charge in [0.05, 0.1) is 11.9 Å². The molecule has 0 bridgehead atoms. The van der Waals surface area contributed by atoms with Crippen molar-refractivity contribution in [3.05, 3.63) is 48.8 Å². The summed E-state index contributed by atoms with van der Waals surface area (Å²) in [4.78, 5) is 12.9. The summed E-state index contributed by atoms with van der Waals surface area (Å²) in [6, 6.07) is 12.1. The summed E-state index contributed by atoms with van der Waals surface area (Å²) >= 11 is 1.73. The van der Waals surface area contributed by atoms with Gasteiger partial charge in [0.2, 0.25) is 0 Å². The number of anilines is 1. The first-order valence-electron chi connectivity index (χ1n) is 6.17. The number of thioether (sulfide) groups is 1. The summed E-state index contributed by atoms with van der Waals surface area (Å²) in [5.41, 5.74) is 8.73. The van der Waals surface area contributed by atoms with Crippen molar-refractivity contribution in [3.63, 3.8) is 0 Å². The van der Waals surface area contributed by atoms with Gasteiger partial charge in [-0.15, -0.1) is 11.8 Å². The van der Waals surface area contributed by atoms with Gasteiger partial charge in [-0.3, -0.25) is 0 Å². The van der Waals surface area contributed by atoms with Gasteiger partial charge in [-0.1, -0.05) is 12.1 Å². The molecule has 0 aliphatic rings. The minimum absolute atomic E-state index is 0.491. The van der Waals surface area contributed by atoms with Gasteiger partial charge in [0.15, 0.2) is 0 Å². The molecule has 2 aromatic heterocycles. The SMILES string of the molecule is CSc1ccc(-c2cnc(-c3ccnc(N)c3)[nH]2)cc1. The van der Waals surface area contributed by atoms with Gasteiger partial charge in [-0.2, -0.15) is 0 Å². The van der Waals surface area contributed by atoms with Crippen LogP contribution >= 0.6 is 11.8 Å². The van der Waals surface area contributed by atoms with E-state index in [4.69, 9.17) is 5.73 Å². The Morgan fingerprint density at radius 1 is 1.05 bits per heavy atom. The van der Waals surface area contributed by atoms with Crippen molar-refractivity contribution in [2.24, 2.45) is 0 Å². The number of hydrogen-bond acceptors (Lipinski definition) is 4. The predicted octanol–water partition coefficient (Wildman–Crippen LogP) is 3.44. The second kappa shape index (κ2) is 5.38. The van der Waals surface area contributed by atoms with E-state index in [1.807, 2.05) is 12.3 Å². The maximum absolute atomic E-state index is 5.69. The predicted molar refractivity (Wildman–Crippen MR) is 83.4 cm³/mol. The van der Waals surface area contributed by atoms with E-state index in [2.05, 4.69) is 45.5 Å². The fraction of sp³-hybridized carbons (Fsp3) is 0.0667. The van der Waals surface area contributed by atoms with Gasteiger partial charge in [-0.05, 0) is 36.1 Å². The van der Waals surface area contributed by atoms with Gasteiger partial charge in [0.1, 0.15) is 11.6 Å². The lowest BCUT2D eigenvalue weighted by molar-refractivity contribution is 1.28. The molecule has 3 N–H and O–H groups in total. The summed E-state index contributed by atoms with van der Waals surface area (Å²) in [6.45, 7) is 0. The summed E-state index contributed by atoms with van der Waals surface area (Å²) in [5.74, 6) is 1.29. The van der Waals surface area contributed by atoms with Crippen LogP contribution < -0.4 is 5.73 Å². The van der Waals surface area contributed by atoms with E-state index in [1.54, 1.807) is 24.0 Å². The summed E-state index contributed by atoms with van der Waals surface area (Å²) in [5, 5.41) is 0. The largest absolute Gasteiger partial charge is 0.384 e. The molecule has 0 fully saturated rings. The van der Waals surface area contributed by atoms with Crippen LogP contribution in [0.15, 0.2) is 53.7 Å². The molecule has 20 heavy (non-hydrogen) atoms. The highest BCUT2D eigenvalue weighted by molar-refractivity contribution is 7.98. The highest BCUT2D eigenvalue weighted by Gasteiger charge is 2.06. The molecule has 0 saturated carbocycles. The monoisotopic (exact) mass is 282 g/mol. The third-order valence-electron chi connectivity index (χ3n) is 3.03. The average Bonchev–Trinajstić information content (AvgIpc) is 2.97. The number of benzene rings is 1. The molecule has 0 saturated heterocycles. The summed E-state index contributed by atoms with van der Waals surface area (Å²) in [7, 11) is 0. The topological polar surface area (TPSA) is 67.6 Å². The number of aromatic nitrogens is 3. The molecule has 0 unspecified atom stereocenters. The first kappa shape index (κ1) is 12.7. The van der Waals surface area contributed by atoms with E-state index >= 15 is 0 Å². The van der Waals surface area contributed by atoms with Crippen molar-refractivity contribution >= 4 is 17.6 Å². The number of H-pyrrole nitrogens is 1. The first-order valence-corrected chi connectivity index (χ1v) is 7.40. The lowest BCUT2D eigenvalue weighted by Crippen LogP contribution is -1.90. The third kappa shape index (κ3) is 2.53. The molecule has 100 valence electrons. The summed E-state index contributed by atoms with van der Waals surface area (Å²) < 4.78 is 0. The second-order valence-corrected chi connectivity index (χ2v) is 5.22. The normalized spacial score (nSPS) is 10.7. The molecule has 0 atom stereocenters. The number of rotatable bonds is 3. The lowest BCUT2D eigenvalue weighted by Gasteiger charge is -2.00. The summed E-state index contributed by atoms with van der Waals surface area (Å²) in [6.07, 6.45) is 5.58. The Bertz CT molecular complexity index is 719. The standard InChI is InChI=1S/C15H14N4S/c1-20-12-4-2-10(3-5-12)13-9-18-15(19-13)11-6-7-17-14(16)8-11/h2-9H,1H3,(H2,16,17)(H,18,19). The Balaban J connectivity index is 1.93. The first-order chi connectivity index (χ1) is 9.76. The van der Waals surface area contributed by atoms with Crippen LogP contribution in [0.25, 0.3) is 22.6 Å². The molecule has 0 aliphatic heterocycles. The number of aromatic amines is 1. The smallest absolute Gasteiger partial charge is 0.137 e. The molecule has 1 aromatic carbocycles. The zero-order valence-corrected chi connectivity index (χ0v) is 11.8. The van der Waals surface area contributed by atoms with Crippen molar-refractivity contribution in [1.82, 2.24) is 15.0 Å². The van der Waals surface area contributed by atoms with E-state index in [1.165, 1.54) is 4.90 Å². The van der Waals surface area contributed by atoms with Crippen molar-refractivity contribution in [3.8, 4) is 22.6 Å². The van der Waals surface area contributed by atoms with E-state index in [0.29, 0.717) is 5.82 Å². The molecule has 0 spiro atoms. The number of nitrogens with two attached hydrogens (primary N) is 1. The highest BCUT2D eigenvalue weighted by Crippen LogP contribution is 2.24. The molecule has 5 heteroatoms. The van der Waals surface area contributed by atoms with Crippen LogP contribution in [-0.4, -0.2) is 21.2 Å². The second-order valence-electron chi connectivity index (χ2n) is 4.34. The minimum Gasteiger partial charge on any atom is -0.384 e. The van der Waals surface area contributed by atoms with Crippen LogP contribution in [-0.2, 0) is 0 Å². The van der Waals surface area contributed by atoms with Crippen LogP contribution in [0.5, 0.6) is 0 Å². The van der Waals surface area contributed by atoms with Gasteiger partial charge >= 0.3 is 0 Å². The van der Waals surface area contributed by atoms with Crippen LogP contribution in [0.2, 0.25) is 0 Å². The zero-order valence-electron chi connectivity index (χ0n) is 11.0. The van der Waals surface area contributed by atoms with Gasteiger partial charge in [0, 0.05) is 16.7 Å². The Hall–Kier alpha value is -2.27. The number of hydrogen-bond donors (Lipinski definition) is 2. The Morgan fingerprint density at radius 3 is 2.55 bits per heavy atom. The number of nitrogens with zero attached hydrogens (tertiary/aromatic N) is 2. The molecule has 3 aromatic rings. The van der Waals surface area contributed by atoms with Crippen molar-refractivity contribution in [2.75, 3.05) is 12.0 Å². The van der Waals surface area contributed by atoms with Crippen LogP contribution in [0, 0.1) is 0 Å².